The first kappa shape index (κ1) is 8.51. The van der Waals surface area contributed by atoms with E-state index >= 15 is 0 Å². The molecule has 0 aliphatic carbocycles. The van der Waals surface area contributed by atoms with Crippen LogP contribution in [0.3, 0.4) is 0 Å². The number of anilines is 1. The summed E-state index contributed by atoms with van der Waals surface area (Å²) in [7, 11) is 0. The zero-order valence-corrected chi connectivity index (χ0v) is 7.90. The van der Waals surface area contributed by atoms with Crippen molar-refractivity contribution in [3.63, 3.8) is 0 Å². The zero-order valence-electron chi connectivity index (χ0n) is 7.90. The second-order valence-corrected chi connectivity index (χ2v) is 3.66. The lowest BCUT2D eigenvalue weighted by molar-refractivity contribution is 0.752. The van der Waals surface area contributed by atoms with Gasteiger partial charge in [-0.3, -0.25) is 4.98 Å². The Balaban J connectivity index is 2.21. The smallest absolute Gasteiger partial charge is 0.0427 e. The van der Waals surface area contributed by atoms with Crippen LogP contribution in [0.5, 0.6) is 0 Å². The molecule has 3 nitrogen and oxygen atoms in total. The van der Waals surface area contributed by atoms with Gasteiger partial charge in [0.2, 0.25) is 0 Å². The van der Waals surface area contributed by atoms with Crippen LogP contribution in [0.25, 0.3) is 0 Å². The topological polar surface area (TPSA) is 42.2 Å². The normalized spacial score (nSPS) is 22.3. The molecule has 2 N–H and O–H groups in total. The molecule has 2 rings (SSSR count). The highest BCUT2D eigenvalue weighted by Crippen LogP contribution is 2.22. The molecular weight excluding hydrogens is 162 g/mol. The summed E-state index contributed by atoms with van der Waals surface area (Å²) >= 11 is 0. The summed E-state index contributed by atoms with van der Waals surface area (Å²) in [5, 5.41) is 0. The Kier molecular flexibility index (Phi) is 2.19. The summed E-state index contributed by atoms with van der Waals surface area (Å²) in [6.07, 6.45) is 4.84. The maximum Gasteiger partial charge on any atom is 0.0427 e. The number of hydrogen-bond donors (Lipinski definition) is 1. The molecule has 1 atom stereocenters. The van der Waals surface area contributed by atoms with Gasteiger partial charge in [-0.2, -0.15) is 0 Å². The number of pyridine rings is 1. The number of hydrogen-bond acceptors (Lipinski definition) is 3. The summed E-state index contributed by atoms with van der Waals surface area (Å²) in [5.41, 5.74) is 8.37. The molecule has 0 radical (unpaired) electrons. The Morgan fingerprint density at radius 3 is 3.08 bits per heavy atom. The summed E-state index contributed by atoms with van der Waals surface area (Å²) in [6.45, 7) is 4.14. The van der Waals surface area contributed by atoms with Gasteiger partial charge in [-0.15, -0.1) is 0 Å². The summed E-state index contributed by atoms with van der Waals surface area (Å²) < 4.78 is 0. The Hall–Kier alpha value is -1.09. The summed E-state index contributed by atoms with van der Waals surface area (Å²) in [6, 6.07) is 2.40. The van der Waals surface area contributed by atoms with Crippen molar-refractivity contribution in [1.82, 2.24) is 4.98 Å². The van der Waals surface area contributed by atoms with Crippen molar-refractivity contribution in [2.75, 3.05) is 18.0 Å². The molecule has 13 heavy (non-hydrogen) atoms. The van der Waals surface area contributed by atoms with Crippen molar-refractivity contribution in [3.05, 3.63) is 24.0 Å². The van der Waals surface area contributed by atoms with Gasteiger partial charge in [0.25, 0.3) is 0 Å². The number of aryl methyl sites for hydroxylation is 1. The van der Waals surface area contributed by atoms with E-state index in [2.05, 4.69) is 22.9 Å². The van der Waals surface area contributed by atoms with E-state index < -0.39 is 0 Å². The second-order valence-electron chi connectivity index (χ2n) is 3.66. The first-order valence-electron chi connectivity index (χ1n) is 4.68. The third-order valence-electron chi connectivity index (χ3n) is 2.56. The molecule has 2 heterocycles. The van der Waals surface area contributed by atoms with Gasteiger partial charge in [0.05, 0.1) is 0 Å². The lowest BCUT2D eigenvalue weighted by Gasteiger charge is -2.19. The van der Waals surface area contributed by atoms with E-state index in [0.29, 0.717) is 6.04 Å². The molecule has 0 amide bonds. The molecule has 1 aliphatic heterocycles. The standard InChI is InChI=1S/C10H15N3/c1-8-6-12-4-2-10(8)13-5-3-9(11)7-13/h2,4,6,9H,3,5,7,11H2,1H3/t9-/m0/s1. The van der Waals surface area contributed by atoms with E-state index in [0.717, 1.165) is 19.5 Å². The van der Waals surface area contributed by atoms with Gasteiger partial charge in [-0.1, -0.05) is 0 Å². The third kappa shape index (κ3) is 1.65. The quantitative estimate of drug-likeness (QED) is 0.693. The van der Waals surface area contributed by atoms with Crippen molar-refractivity contribution in [2.24, 2.45) is 5.73 Å². The molecule has 1 aliphatic rings. The van der Waals surface area contributed by atoms with E-state index in [-0.39, 0.29) is 0 Å². The zero-order chi connectivity index (χ0) is 9.26. The van der Waals surface area contributed by atoms with Crippen LogP contribution in [-0.4, -0.2) is 24.1 Å². The highest BCUT2D eigenvalue weighted by molar-refractivity contribution is 5.52. The second kappa shape index (κ2) is 3.34. The molecule has 1 saturated heterocycles. The van der Waals surface area contributed by atoms with Crippen molar-refractivity contribution in [1.29, 1.82) is 0 Å². The van der Waals surface area contributed by atoms with Crippen LogP contribution < -0.4 is 10.6 Å². The minimum atomic E-state index is 0.340. The third-order valence-corrected chi connectivity index (χ3v) is 2.56. The molecule has 0 spiro atoms. The fourth-order valence-corrected chi connectivity index (χ4v) is 1.83. The highest BCUT2D eigenvalue weighted by atomic mass is 15.2. The van der Waals surface area contributed by atoms with Crippen molar-refractivity contribution >= 4 is 5.69 Å². The lowest BCUT2D eigenvalue weighted by atomic mass is 10.2. The van der Waals surface area contributed by atoms with Crippen molar-refractivity contribution in [2.45, 2.75) is 19.4 Å². The molecule has 1 aromatic heterocycles. The van der Waals surface area contributed by atoms with Gasteiger partial charge in [0, 0.05) is 37.2 Å². The van der Waals surface area contributed by atoms with E-state index in [1.54, 1.807) is 0 Å². The molecule has 3 heteroatoms. The summed E-state index contributed by atoms with van der Waals surface area (Å²) in [4.78, 5) is 6.41. The minimum Gasteiger partial charge on any atom is -0.370 e. The van der Waals surface area contributed by atoms with Gasteiger partial charge in [0.1, 0.15) is 0 Å². The van der Waals surface area contributed by atoms with Crippen molar-refractivity contribution in [3.8, 4) is 0 Å². The van der Waals surface area contributed by atoms with Gasteiger partial charge in [0.15, 0.2) is 0 Å². The summed E-state index contributed by atoms with van der Waals surface area (Å²) in [5.74, 6) is 0. The first-order valence-corrected chi connectivity index (χ1v) is 4.68. The van der Waals surface area contributed by atoms with Gasteiger partial charge in [-0.25, -0.2) is 0 Å². The molecule has 0 aromatic carbocycles. The molecule has 70 valence electrons. The van der Waals surface area contributed by atoms with E-state index in [9.17, 15) is 0 Å². The predicted octanol–water partition coefficient (Wildman–Crippen LogP) is 0.927. The number of rotatable bonds is 1. The Bertz CT molecular complexity index is 298. The lowest BCUT2D eigenvalue weighted by Crippen LogP contribution is -2.26. The van der Waals surface area contributed by atoms with Gasteiger partial charge in [-0.05, 0) is 25.0 Å². The fraction of sp³-hybridized carbons (Fsp3) is 0.500. The largest absolute Gasteiger partial charge is 0.370 e. The van der Waals surface area contributed by atoms with E-state index in [1.807, 2.05) is 12.4 Å². The van der Waals surface area contributed by atoms with Gasteiger partial charge >= 0.3 is 0 Å². The highest BCUT2D eigenvalue weighted by Gasteiger charge is 2.19. The van der Waals surface area contributed by atoms with E-state index in [1.165, 1.54) is 11.3 Å². The number of aromatic nitrogens is 1. The molecule has 1 fully saturated rings. The van der Waals surface area contributed by atoms with Crippen LogP contribution in [-0.2, 0) is 0 Å². The van der Waals surface area contributed by atoms with Crippen LogP contribution in [0.15, 0.2) is 18.5 Å². The van der Waals surface area contributed by atoms with Crippen LogP contribution in [0.2, 0.25) is 0 Å². The average Bonchev–Trinajstić information content (AvgIpc) is 2.53. The molecule has 0 saturated carbocycles. The van der Waals surface area contributed by atoms with Crippen LogP contribution >= 0.6 is 0 Å². The van der Waals surface area contributed by atoms with Crippen molar-refractivity contribution < 1.29 is 0 Å². The van der Waals surface area contributed by atoms with Crippen LogP contribution in [0, 0.1) is 6.92 Å². The monoisotopic (exact) mass is 177 g/mol. The number of nitrogens with two attached hydrogens (primary N) is 1. The van der Waals surface area contributed by atoms with Crippen LogP contribution in [0.1, 0.15) is 12.0 Å². The van der Waals surface area contributed by atoms with E-state index in [4.69, 9.17) is 5.73 Å². The molecule has 0 bridgehead atoms. The maximum absolute atomic E-state index is 5.86. The predicted molar refractivity (Wildman–Crippen MR) is 53.8 cm³/mol. The SMILES string of the molecule is Cc1cnccc1N1CC[C@H](N)C1. The Labute approximate surface area is 78.6 Å². The Morgan fingerprint density at radius 2 is 2.46 bits per heavy atom. The first-order chi connectivity index (χ1) is 6.27. The maximum atomic E-state index is 5.86. The molecule has 0 unspecified atom stereocenters. The molecular formula is C10H15N3. The van der Waals surface area contributed by atoms with Crippen LogP contribution in [0.4, 0.5) is 5.69 Å². The average molecular weight is 177 g/mol. The molecule has 1 aromatic rings. The number of nitrogens with zero attached hydrogens (tertiary/aromatic N) is 2. The van der Waals surface area contributed by atoms with Gasteiger partial charge < -0.3 is 10.6 Å². The Morgan fingerprint density at radius 1 is 1.62 bits per heavy atom. The minimum absolute atomic E-state index is 0.340. The fourth-order valence-electron chi connectivity index (χ4n) is 1.83.